The number of carboxylic acids is 1. The normalized spacial score (nSPS) is 23.9. The Balaban J connectivity index is 2.13. The van der Waals surface area contributed by atoms with Gasteiger partial charge < -0.3 is 74.6 Å². The smallest absolute Gasteiger partial charge is 0.303 e. The van der Waals surface area contributed by atoms with Crippen LogP contribution in [0.1, 0.15) is 142 Å². The predicted molar refractivity (Wildman–Crippen MR) is 276 cm³/mol. The van der Waals surface area contributed by atoms with Crippen molar-refractivity contribution in [1.29, 1.82) is 0 Å². The third kappa shape index (κ3) is 22.8. The zero-order valence-electron chi connectivity index (χ0n) is 44.1. The summed E-state index contributed by atoms with van der Waals surface area (Å²) in [7, 11) is 0. The van der Waals surface area contributed by atoms with Crippen molar-refractivity contribution in [1.82, 2.24) is 42.1 Å². The minimum atomic E-state index is -1.90. The van der Waals surface area contributed by atoms with Crippen LogP contribution < -0.4 is 54.4 Å². The molecule has 16 N–H and O–H groups in total. The molecule has 0 radical (unpaired) electrons. The van der Waals surface area contributed by atoms with Gasteiger partial charge in [0.05, 0.1) is 25.4 Å². The quantitative estimate of drug-likeness (QED) is 0.0506. The van der Waals surface area contributed by atoms with E-state index in [9.17, 15) is 72.9 Å². The number of fused-ring (bicyclic) bond motifs is 1. The molecule has 77 heavy (non-hydrogen) atoms. The second-order valence-electron chi connectivity index (χ2n) is 20.3. The third-order valence-electron chi connectivity index (χ3n) is 13.2. The monoisotopic (exact) mass is 1090 g/mol. The van der Waals surface area contributed by atoms with Gasteiger partial charge >= 0.3 is 5.97 Å². The first-order valence-corrected chi connectivity index (χ1v) is 26.3. The van der Waals surface area contributed by atoms with Crippen LogP contribution in [0, 0.1) is 5.92 Å². The molecule has 2 saturated heterocycles. The largest absolute Gasteiger partial charge is 0.508 e. The maximum Gasteiger partial charge on any atom is 0.303 e. The highest BCUT2D eigenvalue weighted by atomic mass is 16.4. The second kappa shape index (κ2) is 32.3. The molecule has 0 bridgehead atoms. The number of nitrogens with zero attached hydrogens (tertiary/aromatic N) is 1. The van der Waals surface area contributed by atoms with Gasteiger partial charge in [-0.1, -0.05) is 90.2 Å². The number of rotatable bonds is 24. The minimum Gasteiger partial charge on any atom is -0.508 e. The van der Waals surface area contributed by atoms with Gasteiger partial charge in [-0.2, -0.15) is 0 Å². The molecule has 0 aliphatic carbocycles. The van der Waals surface area contributed by atoms with Crippen LogP contribution >= 0.6 is 0 Å². The van der Waals surface area contributed by atoms with Crippen molar-refractivity contribution in [2.24, 2.45) is 23.1 Å². The van der Waals surface area contributed by atoms with Gasteiger partial charge in [-0.3, -0.25) is 57.5 Å². The van der Waals surface area contributed by atoms with Crippen LogP contribution in [0.3, 0.4) is 0 Å². The first-order valence-electron chi connectivity index (χ1n) is 26.3. The van der Waals surface area contributed by atoms with E-state index < -0.39 is 157 Å². The molecule has 0 saturated carbocycles. The molecule has 2 heterocycles. The zero-order valence-corrected chi connectivity index (χ0v) is 44.1. The van der Waals surface area contributed by atoms with Crippen molar-refractivity contribution in [3.8, 4) is 5.75 Å². The number of phenols is 1. The summed E-state index contributed by atoms with van der Waals surface area (Å²) in [5.41, 5.74) is 16.8. The molecule has 1 aromatic carbocycles. The predicted octanol–water partition coefficient (Wildman–Crippen LogP) is -1.85. The van der Waals surface area contributed by atoms with Crippen molar-refractivity contribution >= 4 is 70.9 Å². The standard InChI is InChI=1S/C51H79N11O15/c1-28(2)14-11-9-7-5-4-6-8-10-12-15-32-44(70)58-36(26-40(53)66)47(73)57-34(24-30-17-19-31(64)20-18-30)45(71)59-35(25-39(52)65)46(72)56-33(21-22-42(68)69)51(77)62-23-13-16-38(62)49(75)60-37(27-41(54)67)48(74)61-43(29(3)63)50(76)55-32/h17-20,28-29,32-38,43,63-64H,4-16,21-27H2,1-3H3,(H2,52,65)(H2,53,66)(H2,54,67)(H,55,76)(H,56,72)(H,57,73)(H,58,70)(H,59,71)(H,60,75)(H,61,74)(H,68,69)/t29-,32?,33?,34?,35?,36?,37?,38?,43+/m1/s1. The van der Waals surface area contributed by atoms with Gasteiger partial charge in [-0.25, -0.2) is 0 Å². The van der Waals surface area contributed by atoms with E-state index in [1.54, 1.807) is 0 Å². The lowest BCUT2D eigenvalue weighted by molar-refractivity contribution is -0.144. The number of phenolic OH excluding ortho intramolecular Hbond substituents is 1. The molecule has 3 rings (SSSR count). The summed E-state index contributed by atoms with van der Waals surface area (Å²) in [5, 5.41) is 47.1. The maximum atomic E-state index is 14.3. The number of hydrogen-bond acceptors (Lipinski definition) is 14. The van der Waals surface area contributed by atoms with Crippen molar-refractivity contribution in [2.75, 3.05) is 6.54 Å². The number of primary amides is 3. The topological polar surface area (TPSA) is 431 Å². The number of unbranched alkanes of at least 4 members (excludes halogenated alkanes) is 8. The van der Waals surface area contributed by atoms with Crippen molar-refractivity contribution in [3.63, 3.8) is 0 Å². The Kier molecular flexibility index (Phi) is 26.8. The molecule has 1 aromatic rings. The number of aromatic hydroxyl groups is 1. The Morgan fingerprint density at radius 3 is 1.48 bits per heavy atom. The number of amides is 11. The average Bonchev–Trinajstić information content (AvgIpc) is 3.84. The van der Waals surface area contributed by atoms with Crippen molar-refractivity contribution in [3.05, 3.63) is 29.8 Å². The van der Waals surface area contributed by atoms with Crippen molar-refractivity contribution < 1.29 is 72.9 Å². The zero-order chi connectivity index (χ0) is 57.4. The van der Waals surface area contributed by atoms with Crippen LogP contribution in [0.15, 0.2) is 24.3 Å². The van der Waals surface area contributed by atoms with E-state index in [1.807, 2.05) is 0 Å². The number of carboxylic acid groups (broad SMARTS) is 1. The lowest BCUT2D eigenvalue weighted by Gasteiger charge is -2.31. The van der Waals surface area contributed by atoms with Gasteiger partial charge in [0.1, 0.15) is 54.1 Å². The number of aliphatic hydroxyl groups excluding tert-OH is 1. The molecular weight excluding hydrogens is 1010 g/mol. The lowest BCUT2D eigenvalue weighted by Crippen LogP contribution is -2.63. The first kappa shape index (κ1) is 63.9. The molecule has 0 aromatic heterocycles. The van der Waals surface area contributed by atoms with Crippen LogP contribution in [0.25, 0.3) is 0 Å². The van der Waals surface area contributed by atoms with Gasteiger partial charge in [0.15, 0.2) is 0 Å². The highest BCUT2D eigenvalue weighted by Crippen LogP contribution is 2.21. The SMILES string of the molecule is CC(C)CCCCCCCCCCCC1NC(=O)[C@H]([C@@H](C)O)NC(=O)C(CC(N)=O)NC(=O)C2CCCN2C(=O)C(CCC(=O)O)NC(=O)C(CC(N)=O)NC(=O)C(Cc2ccc(O)cc2)NC(=O)C(CC(N)=O)NC1=O. The number of hydrogen-bond donors (Lipinski definition) is 13. The summed E-state index contributed by atoms with van der Waals surface area (Å²) < 4.78 is 0. The number of nitrogens with two attached hydrogens (primary N) is 3. The van der Waals surface area contributed by atoms with Gasteiger partial charge in [0.2, 0.25) is 65.0 Å². The molecule has 26 heteroatoms. The highest BCUT2D eigenvalue weighted by Gasteiger charge is 2.41. The summed E-state index contributed by atoms with van der Waals surface area (Å²) >= 11 is 0. The van der Waals surface area contributed by atoms with Crippen LogP contribution in [0.4, 0.5) is 0 Å². The van der Waals surface area contributed by atoms with Gasteiger partial charge in [0.25, 0.3) is 0 Å². The molecule has 2 fully saturated rings. The Hall–Kier alpha value is -7.38. The van der Waals surface area contributed by atoms with E-state index in [1.165, 1.54) is 30.7 Å². The molecule has 2 aliphatic heterocycles. The molecule has 26 nitrogen and oxygen atoms in total. The van der Waals surface area contributed by atoms with Crippen LogP contribution in [-0.2, 0) is 64.0 Å². The molecule has 428 valence electrons. The first-order chi connectivity index (χ1) is 36.4. The van der Waals surface area contributed by atoms with Crippen LogP contribution in [0.5, 0.6) is 5.75 Å². The molecule has 7 unspecified atom stereocenters. The lowest BCUT2D eigenvalue weighted by atomic mass is 10.0. The minimum absolute atomic E-state index is 0.0302. The van der Waals surface area contributed by atoms with E-state index in [4.69, 9.17) is 17.2 Å². The molecule has 0 spiro atoms. The van der Waals surface area contributed by atoms with Crippen LogP contribution in [0.2, 0.25) is 0 Å². The summed E-state index contributed by atoms with van der Waals surface area (Å²) in [4.78, 5) is 163. The van der Waals surface area contributed by atoms with Gasteiger partial charge in [0, 0.05) is 19.4 Å². The fourth-order valence-corrected chi connectivity index (χ4v) is 9.02. The Morgan fingerprint density at radius 2 is 0.987 bits per heavy atom. The third-order valence-corrected chi connectivity index (χ3v) is 13.2. The van der Waals surface area contributed by atoms with Crippen molar-refractivity contribution in [2.45, 2.75) is 197 Å². The molecular formula is C51H79N11O15. The number of nitrogens with one attached hydrogen (secondary N) is 7. The van der Waals surface area contributed by atoms with E-state index in [0.29, 0.717) is 24.3 Å². The van der Waals surface area contributed by atoms with Crippen LogP contribution in [-0.4, -0.2) is 152 Å². The van der Waals surface area contributed by atoms with E-state index >= 15 is 0 Å². The fraction of sp³-hybridized carbons (Fsp3) is 0.647. The Bertz CT molecular complexity index is 2250. The van der Waals surface area contributed by atoms with E-state index in [0.717, 1.165) is 56.8 Å². The highest BCUT2D eigenvalue weighted by molar-refractivity contribution is 6.01. The Morgan fingerprint density at radius 1 is 0.558 bits per heavy atom. The number of aliphatic hydroxyl groups is 1. The number of carbonyl (C=O) groups excluding carboxylic acids is 11. The maximum absolute atomic E-state index is 14.3. The summed E-state index contributed by atoms with van der Waals surface area (Å²) in [6.07, 6.45) is 3.30. The number of carbonyl (C=O) groups is 12. The molecule has 11 amide bonds. The number of benzene rings is 1. The average molecular weight is 1090 g/mol. The molecule has 2 aliphatic rings. The second-order valence-corrected chi connectivity index (χ2v) is 20.3. The fourth-order valence-electron chi connectivity index (χ4n) is 9.02. The van der Waals surface area contributed by atoms with E-state index in [-0.39, 0.29) is 38.0 Å². The summed E-state index contributed by atoms with van der Waals surface area (Å²) in [6.45, 7) is 5.38. The number of aliphatic carboxylic acids is 1. The van der Waals surface area contributed by atoms with E-state index in [2.05, 4.69) is 51.1 Å². The van der Waals surface area contributed by atoms with Gasteiger partial charge in [-0.05, 0) is 56.2 Å². The summed E-state index contributed by atoms with van der Waals surface area (Å²) in [6, 6.07) is -8.41. The Labute approximate surface area is 447 Å². The van der Waals surface area contributed by atoms with Gasteiger partial charge in [-0.15, -0.1) is 0 Å². The molecule has 9 atom stereocenters. The summed E-state index contributed by atoms with van der Waals surface area (Å²) in [5.74, 6) is -13.1.